The highest BCUT2D eigenvalue weighted by atomic mass is 35.5. The molecule has 0 aliphatic heterocycles. The summed E-state index contributed by atoms with van der Waals surface area (Å²) in [6.07, 6.45) is 0. The highest BCUT2D eigenvalue weighted by Gasteiger charge is 2.18. The molecule has 0 fully saturated rings. The van der Waals surface area contributed by atoms with Gasteiger partial charge in [0.05, 0.1) is 17.7 Å². The molecule has 0 heterocycles. The lowest BCUT2D eigenvalue weighted by molar-refractivity contribution is 0.0785. The van der Waals surface area contributed by atoms with Gasteiger partial charge in [-0.05, 0) is 54.1 Å². The minimum Gasteiger partial charge on any atom is -0.495 e. The van der Waals surface area contributed by atoms with Crippen molar-refractivity contribution in [1.82, 2.24) is 4.90 Å². The Morgan fingerprint density at radius 3 is 2.40 bits per heavy atom. The normalized spacial score (nSPS) is 11.0. The first-order valence-corrected chi connectivity index (χ1v) is 10.9. The molecule has 0 atom stereocenters. The number of anilines is 1. The standard InChI is InChI=1S/C22H21ClN2O4S/c1-25(15-16-6-5-7-18(23)14-16)22(26)17-10-12-19(13-11-17)30(27,28)24-20-8-3-4-9-21(20)29-2/h3-14,24H,15H2,1-2H3. The van der Waals surface area contributed by atoms with E-state index in [-0.39, 0.29) is 10.8 Å². The fourth-order valence-electron chi connectivity index (χ4n) is 2.91. The summed E-state index contributed by atoms with van der Waals surface area (Å²) in [5.74, 6) is 0.187. The van der Waals surface area contributed by atoms with Gasteiger partial charge in [-0.25, -0.2) is 8.42 Å². The van der Waals surface area contributed by atoms with E-state index in [1.807, 2.05) is 12.1 Å². The number of rotatable bonds is 7. The third-order valence-corrected chi connectivity index (χ3v) is 6.03. The van der Waals surface area contributed by atoms with Crippen molar-refractivity contribution in [2.45, 2.75) is 11.4 Å². The SMILES string of the molecule is COc1ccccc1NS(=O)(=O)c1ccc(C(=O)N(C)Cc2cccc(Cl)c2)cc1. The third-order valence-electron chi connectivity index (χ3n) is 4.42. The second kappa shape index (κ2) is 9.19. The predicted octanol–water partition coefficient (Wildman–Crippen LogP) is 4.42. The van der Waals surface area contributed by atoms with E-state index < -0.39 is 10.0 Å². The minimum absolute atomic E-state index is 0.0439. The van der Waals surface area contributed by atoms with Crippen LogP contribution in [0.25, 0.3) is 0 Å². The van der Waals surface area contributed by atoms with Gasteiger partial charge in [-0.1, -0.05) is 35.9 Å². The maximum absolute atomic E-state index is 12.7. The second-order valence-corrected chi connectivity index (χ2v) is 8.74. The molecule has 0 unspecified atom stereocenters. The molecule has 1 amide bonds. The molecule has 8 heteroatoms. The number of hydrogen-bond donors (Lipinski definition) is 1. The van der Waals surface area contributed by atoms with Gasteiger partial charge in [0.25, 0.3) is 15.9 Å². The number of carbonyl (C=O) groups excluding carboxylic acids is 1. The van der Waals surface area contributed by atoms with E-state index in [9.17, 15) is 13.2 Å². The van der Waals surface area contributed by atoms with Crippen LogP contribution in [0.3, 0.4) is 0 Å². The van der Waals surface area contributed by atoms with E-state index in [1.54, 1.807) is 48.3 Å². The van der Waals surface area contributed by atoms with Crippen molar-refractivity contribution in [3.05, 3.63) is 88.9 Å². The third kappa shape index (κ3) is 5.11. The summed E-state index contributed by atoms with van der Waals surface area (Å²) in [5.41, 5.74) is 1.62. The Morgan fingerprint density at radius 2 is 1.73 bits per heavy atom. The summed E-state index contributed by atoms with van der Waals surface area (Å²) in [6.45, 7) is 0.384. The topological polar surface area (TPSA) is 75.7 Å². The molecule has 3 rings (SSSR count). The van der Waals surface area contributed by atoms with Gasteiger partial charge < -0.3 is 9.64 Å². The predicted molar refractivity (Wildman–Crippen MR) is 117 cm³/mol. The molecule has 0 saturated heterocycles. The first kappa shape index (κ1) is 21.7. The van der Waals surface area contributed by atoms with Crippen molar-refractivity contribution >= 4 is 33.2 Å². The molecular weight excluding hydrogens is 424 g/mol. The number of methoxy groups -OCH3 is 1. The van der Waals surface area contributed by atoms with Crippen LogP contribution in [0.5, 0.6) is 5.75 Å². The van der Waals surface area contributed by atoms with Gasteiger partial charge in [-0.15, -0.1) is 0 Å². The first-order valence-electron chi connectivity index (χ1n) is 9.06. The number of benzene rings is 3. The number of carbonyl (C=O) groups is 1. The van der Waals surface area contributed by atoms with E-state index in [0.717, 1.165) is 5.56 Å². The van der Waals surface area contributed by atoms with Crippen LogP contribution in [-0.4, -0.2) is 33.4 Å². The molecule has 30 heavy (non-hydrogen) atoms. The zero-order valence-corrected chi connectivity index (χ0v) is 18.1. The van der Waals surface area contributed by atoms with Crippen LogP contribution in [0.4, 0.5) is 5.69 Å². The van der Waals surface area contributed by atoms with Crippen molar-refractivity contribution in [3.8, 4) is 5.75 Å². The Kier molecular flexibility index (Phi) is 6.64. The Morgan fingerprint density at radius 1 is 1.03 bits per heavy atom. The summed E-state index contributed by atoms with van der Waals surface area (Å²) in [7, 11) is -0.688. The van der Waals surface area contributed by atoms with Crippen LogP contribution in [0, 0.1) is 0 Å². The summed E-state index contributed by atoms with van der Waals surface area (Å²) >= 11 is 5.99. The van der Waals surface area contributed by atoms with Crippen LogP contribution >= 0.6 is 11.6 Å². The average Bonchev–Trinajstić information content (AvgIpc) is 2.73. The average molecular weight is 445 g/mol. The Bertz CT molecular complexity index is 1150. The molecule has 3 aromatic rings. The largest absolute Gasteiger partial charge is 0.495 e. The van der Waals surface area contributed by atoms with Crippen LogP contribution in [-0.2, 0) is 16.6 Å². The molecule has 0 saturated carbocycles. The van der Waals surface area contributed by atoms with Crippen LogP contribution < -0.4 is 9.46 Å². The quantitative estimate of drug-likeness (QED) is 0.585. The van der Waals surface area contributed by atoms with Gasteiger partial charge in [0, 0.05) is 24.2 Å². The molecule has 6 nitrogen and oxygen atoms in total. The number of hydrogen-bond acceptors (Lipinski definition) is 4. The second-order valence-electron chi connectivity index (χ2n) is 6.62. The zero-order chi connectivity index (χ0) is 21.7. The van der Waals surface area contributed by atoms with Crippen molar-refractivity contribution in [2.24, 2.45) is 0 Å². The lowest BCUT2D eigenvalue weighted by Gasteiger charge is -2.18. The lowest BCUT2D eigenvalue weighted by Crippen LogP contribution is -2.26. The number of ether oxygens (including phenoxy) is 1. The van der Waals surface area contributed by atoms with Crippen LogP contribution in [0.1, 0.15) is 15.9 Å². The first-order chi connectivity index (χ1) is 14.3. The number of nitrogens with zero attached hydrogens (tertiary/aromatic N) is 1. The lowest BCUT2D eigenvalue weighted by atomic mass is 10.1. The molecule has 0 radical (unpaired) electrons. The molecule has 1 N–H and O–H groups in total. The summed E-state index contributed by atoms with van der Waals surface area (Å²) in [5, 5.41) is 0.602. The smallest absolute Gasteiger partial charge is 0.262 e. The van der Waals surface area contributed by atoms with Gasteiger partial charge in [0.2, 0.25) is 0 Å². The van der Waals surface area contributed by atoms with Crippen molar-refractivity contribution in [3.63, 3.8) is 0 Å². The maximum Gasteiger partial charge on any atom is 0.262 e. The molecule has 0 aromatic heterocycles. The van der Waals surface area contributed by atoms with Gasteiger partial charge in [-0.3, -0.25) is 9.52 Å². The van der Waals surface area contributed by atoms with E-state index in [2.05, 4.69) is 4.72 Å². The summed E-state index contributed by atoms with van der Waals surface area (Å²) in [6, 6.07) is 19.8. The summed E-state index contributed by atoms with van der Waals surface area (Å²) < 4.78 is 33.0. The number of amides is 1. The van der Waals surface area contributed by atoms with E-state index >= 15 is 0 Å². The van der Waals surface area contributed by atoms with Gasteiger partial charge >= 0.3 is 0 Å². The fourth-order valence-corrected chi connectivity index (χ4v) is 4.19. The Hall–Kier alpha value is -3.03. The number of nitrogens with one attached hydrogen (secondary N) is 1. The zero-order valence-electron chi connectivity index (χ0n) is 16.5. The highest BCUT2D eigenvalue weighted by molar-refractivity contribution is 7.92. The van der Waals surface area contributed by atoms with Gasteiger partial charge in [0.1, 0.15) is 5.75 Å². The van der Waals surface area contributed by atoms with Crippen molar-refractivity contribution < 1.29 is 17.9 Å². The molecule has 0 aliphatic rings. The Labute approximate surface area is 181 Å². The number of para-hydroxylation sites is 2. The van der Waals surface area contributed by atoms with E-state index in [0.29, 0.717) is 28.6 Å². The minimum atomic E-state index is -3.83. The van der Waals surface area contributed by atoms with Gasteiger partial charge in [-0.2, -0.15) is 0 Å². The molecule has 156 valence electrons. The maximum atomic E-state index is 12.7. The molecule has 0 bridgehead atoms. The number of sulfonamides is 1. The summed E-state index contributed by atoms with van der Waals surface area (Å²) in [4.78, 5) is 14.3. The molecule has 3 aromatic carbocycles. The fraction of sp³-hybridized carbons (Fsp3) is 0.136. The van der Waals surface area contributed by atoms with Crippen molar-refractivity contribution in [1.29, 1.82) is 0 Å². The Balaban J connectivity index is 1.74. The monoisotopic (exact) mass is 444 g/mol. The molecule has 0 aliphatic carbocycles. The van der Waals surface area contributed by atoms with Gasteiger partial charge in [0.15, 0.2) is 0 Å². The van der Waals surface area contributed by atoms with Crippen LogP contribution in [0.2, 0.25) is 5.02 Å². The van der Waals surface area contributed by atoms with E-state index in [1.165, 1.54) is 31.4 Å². The van der Waals surface area contributed by atoms with E-state index in [4.69, 9.17) is 16.3 Å². The number of halogens is 1. The van der Waals surface area contributed by atoms with Crippen molar-refractivity contribution in [2.75, 3.05) is 18.9 Å². The molecule has 0 spiro atoms. The van der Waals surface area contributed by atoms with Crippen LogP contribution in [0.15, 0.2) is 77.7 Å². The molecular formula is C22H21ClN2O4S. The highest BCUT2D eigenvalue weighted by Crippen LogP contribution is 2.26.